The van der Waals surface area contributed by atoms with Gasteiger partial charge in [-0.15, -0.1) is 0 Å². The molecular weight excluding hydrogens is 1550 g/mol. The van der Waals surface area contributed by atoms with Crippen molar-refractivity contribution in [1.29, 1.82) is 0 Å². The summed E-state index contributed by atoms with van der Waals surface area (Å²) in [5.74, 6) is -0.790. The molecule has 10 aliphatic heterocycles. The van der Waals surface area contributed by atoms with E-state index in [1.807, 2.05) is 42.5 Å². The van der Waals surface area contributed by atoms with E-state index in [1.165, 1.54) is 98.2 Å². The van der Waals surface area contributed by atoms with E-state index in [1.54, 1.807) is 17.4 Å². The van der Waals surface area contributed by atoms with E-state index in [9.17, 15) is 22.0 Å². The molecule has 0 bridgehead atoms. The predicted octanol–water partition coefficient (Wildman–Crippen LogP) is 23.1. The van der Waals surface area contributed by atoms with Crippen LogP contribution in [0.4, 0.5) is 50.4 Å². The van der Waals surface area contributed by atoms with Gasteiger partial charge in [0.1, 0.15) is 90.1 Å². The van der Waals surface area contributed by atoms with E-state index in [0.717, 1.165) is 39.4 Å². The lowest BCUT2D eigenvalue weighted by Crippen LogP contribution is -2.43. The van der Waals surface area contributed by atoms with Gasteiger partial charge in [0, 0.05) is 72.9 Å². The summed E-state index contributed by atoms with van der Waals surface area (Å²) >= 11 is 1.72. The third-order valence-electron chi connectivity index (χ3n) is 24.5. The van der Waals surface area contributed by atoms with Crippen LogP contribution in [0, 0.1) is 29.1 Å². The number of anilines is 5. The summed E-state index contributed by atoms with van der Waals surface area (Å²) < 4.78 is 132. The zero-order valence-electron chi connectivity index (χ0n) is 70.0. The maximum atomic E-state index is 14.4. The molecule has 5 saturated heterocycles. The third kappa shape index (κ3) is 17.8. The fourth-order valence-electron chi connectivity index (χ4n) is 18.0. The van der Waals surface area contributed by atoms with Crippen LogP contribution in [0.3, 0.4) is 0 Å². The van der Waals surface area contributed by atoms with Crippen LogP contribution in [0.1, 0.15) is 244 Å². The molecule has 5 N–H and O–H groups in total. The molecule has 0 amide bonds. The molecule has 0 saturated carbocycles. The zero-order valence-corrected chi connectivity index (χ0v) is 70.8. The number of benzene rings is 9. The number of halogens is 5. The number of nitrogens with one attached hydrogen (secondary N) is 5. The summed E-state index contributed by atoms with van der Waals surface area (Å²) in [6, 6.07) is 58.1. The fourth-order valence-corrected chi connectivity index (χ4v) is 18.7. The monoisotopic (exact) mass is 1660 g/mol. The van der Waals surface area contributed by atoms with E-state index < -0.39 is 47.6 Å². The minimum atomic E-state index is -0.635. The number of fused-ring (bicyclic) bond motifs is 15. The van der Waals surface area contributed by atoms with Gasteiger partial charge in [-0.1, -0.05) is 197 Å². The van der Waals surface area contributed by atoms with Crippen LogP contribution in [0.2, 0.25) is 0 Å². The second-order valence-corrected chi connectivity index (χ2v) is 35.3. The smallest absolute Gasteiger partial charge is 0.131 e. The second-order valence-electron chi connectivity index (χ2n) is 34.6. The minimum Gasteiger partial charge on any atom is -0.375 e. The largest absolute Gasteiger partial charge is 0.375 e. The lowest BCUT2D eigenvalue weighted by Gasteiger charge is -2.43. The highest BCUT2D eigenvalue weighted by molar-refractivity contribution is 7.08. The highest BCUT2D eigenvalue weighted by Gasteiger charge is 2.48. The van der Waals surface area contributed by atoms with E-state index in [0.29, 0.717) is 95.3 Å². The van der Waals surface area contributed by atoms with Gasteiger partial charge in [0.15, 0.2) is 0 Å². The first-order valence-corrected chi connectivity index (χ1v) is 43.4. The van der Waals surface area contributed by atoms with Gasteiger partial charge >= 0.3 is 0 Å². The Morgan fingerprint density at radius 2 is 0.592 bits per heavy atom. The van der Waals surface area contributed by atoms with E-state index in [-0.39, 0.29) is 89.3 Å². The molecule has 11 heterocycles. The topological polar surface area (TPSA) is 152 Å². The Hall–Kier alpha value is -9.07. The number of thiophene rings is 1. The van der Waals surface area contributed by atoms with Gasteiger partial charge in [0.05, 0.1) is 96.3 Å². The van der Waals surface area contributed by atoms with Gasteiger partial charge in [0.25, 0.3) is 0 Å². The first-order valence-electron chi connectivity index (χ1n) is 42.4. The summed E-state index contributed by atoms with van der Waals surface area (Å²) in [7, 11) is 0. The third-order valence-corrected chi connectivity index (χ3v) is 25.2. The standard InChI is InChI=1S/C21H25NO2.2C20H21F2NO2.C20H22FNO2.C18H21NO2S/c1-21(2,3)15-9-10-17-16(13-15)19-20(24-12-11-23-19)18(22-17)14-7-5-4-6-8-14;2*1-11(2)12-6-7-16-13(10-12)19-20(25-9-8-24-19)18(23-16)17-14(21)4-3-5-15(17)22;1-12(2)13-7-8-17-15(11-13)19-20(24-10-9-23-19)18(22-17)14-5-3-4-6-16(14)21;1-11(2)12-3-4-15-14(9-12)17-18(21-7-6-20-17)16(19-15)13-5-8-22-10-13/h4-10,13,18-20,22H,11-12H2,1-3H3;2*3-7,10-11,18-20,23H,8-9H2,1-2H3;3-8,11-12,18-20,22H,9-10H2,1-2H3;3-5,8-11,16-19H,6-7H2,1-2H3/t18-,19-,20+;18-,19+,20-;;;16-,17+,18-/m11..0/s1. The van der Waals surface area contributed by atoms with Crippen molar-refractivity contribution in [1.82, 2.24) is 0 Å². The van der Waals surface area contributed by atoms with Gasteiger partial charge in [-0.25, -0.2) is 22.0 Å². The lowest BCUT2D eigenvalue weighted by molar-refractivity contribution is -0.151. The van der Waals surface area contributed by atoms with E-state index >= 15 is 0 Å². The van der Waals surface area contributed by atoms with Crippen LogP contribution < -0.4 is 26.6 Å². The first-order chi connectivity index (χ1) is 58.0. The number of rotatable bonds is 9. The first kappa shape index (κ1) is 84.5. The van der Waals surface area contributed by atoms with Gasteiger partial charge < -0.3 is 74.0 Å². The molecule has 120 heavy (non-hydrogen) atoms. The molecule has 0 spiro atoms. The van der Waals surface area contributed by atoms with Crippen LogP contribution in [0.25, 0.3) is 0 Å². The second kappa shape index (κ2) is 36.9. The van der Waals surface area contributed by atoms with Crippen molar-refractivity contribution in [2.24, 2.45) is 0 Å². The fraction of sp³-hybridized carbons (Fsp3) is 0.414. The molecule has 21 heteroatoms. The highest BCUT2D eigenvalue weighted by Crippen LogP contribution is 2.52. The predicted molar refractivity (Wildman–Crippen MR) is 461 cm³/mol. The average Bonchev–Trinajstić information content (AvgIpc) is 1.02. The molecule has 0 aliphatic carbocycles. The molecule has 20 rings (SSSR count). The molecule has 10 aliphatic rings. The Morgan fingerprint density at radius 3 is 0.942 bits per heavy atom. The molecular formula is C99H110F5N5O10S. The van der Waals surface area contributed by atoms with Gasteiger partial charge in [-0.05, 0) is 146 Å². The average molecular weight is 1660 g/mol. The van der Waals surface area contributed by atoms with Crippen LogP contribution in [-0.2, 0) is 52.8 Å². The molecule has 5 fully saturated rings. The van der Waals surface area contributed by atoms with Crippen molar-refractivity contribution < 1.29 is 69.3 Å². The van der Waals surface area contributed by atoms with Gasteiger partial charge in [-0.2, -0.15) is 11.3 Å². The molecule has 10 aromatic rings. The Labute approximate surface area is 705 Å². The van der Waals surface area contributed by atoms with Crippen molar-refractivity contribution in [3.05, 3.63) is 311 Å². The minimum absolute atomic E-state index is 0.00147. The maximum absolute atomic E-state index is 14.4. The van der Waals surface area contributed by atoms with Crippen molar-refractivity contribution in [3.8, 4) is 0 Å². The Kier molecular flexibility index (Phi) is 26.0. The SMILES string of the molecule is CC(C)(C)c1ccc2c(c1)[C@H]1OCCO[C@H]1[C@@H](c1ccccc1)N2.CC(C)c1ccc2c(c1)C1OCCOC1C(c1c(F)cccc1F)N2.CC(C)c1ccc2c(c1)C1OCCOC1C(c1ccccc1F)N2.CC(C)c1ccc2c(c1)[C@@H]1OCCO[C@@H]1[C@@H](c1c(F)cccc1F)N2.CC(C)c1ccc2c(c1)[C@H]1OCCO[C@H]1[C@H](c1ccsc1)N2. The lowest BCUT2D eigenvalue weighted by atomic mass is 9.82. The normalized spacial score (nSPS) is 25.9. The molecule has 15 nitrogen and oxygen atoms in total. The summed E-state index contributed by atoms with van der Waals surface area (Å²) in [6.45, 7) is 29.6. The summed E-state index contributed by atoms with van der Waals surface area (Å²) in [4.78, 5) is 0. The maximum Gasteiger partial charge on any atom is 0.131 e. The van der Waals surface area contributed by atoms with Crippen LogP contribution in [-0.4, -0.2) is 96.6 Å². The van der Waals surface area contributed by atoms with E-state index in [2.05, 4.69) is 211 Å². The summed E-state index contributed by atoms with van der Waals surface area (Å²) in [6.07, 6.45) is -1.98. The van der Waals surface area contributed by atoms with Crippen molar-refractivity contribution in [3.63, 3.8) is 0 Å². The molecule has 9 aromatic carbocycles. The van der Waals surface area contributed by atoms with Gasteiger partial charge in [0.2, 0.25) is 0 Å². The van der Waals surface area contributed by atoms with Crippen LogP contribution in [0.5, 0.6) is 0 Å². The summed E-state index contributed by atoms with van der Waals surface area (Å²) in [5, 5.41) is 21.7. The summed E-state index contributed by atoms with van der Waals surface area (Å²) in [5.41, 5.74) is 20.2. The molecule has 632 valence electrons. The zero-order chi connectivity index (χ0) is 83.6. The van der Waals surface area contributed by atoms with Gasteiger partial charge in [-0.3, -0.25) is 0 Å². The van der Waals surface area contributed by atoms with Crippen molar-refractivity contribution >= 4 is 39.8 Å². The number of hydrogen-bond donors (Lipinski definition) is 5. The Bertz CT molecular complexity index is 5010. The van der Waals surface area contributed by atoms with Crippen molar-refractivity contribution in [2.45, 2.75) is 196 Å². The van der Waals surface area contributed by atoms with Crippen LogP contribution >= 0.6 is 11.3 Å². The quantitative estimate of drug-likeness (QED) is 0.0871. The molecule has 6 unspecified atom stereocenters. The molecule has 15 atom stereocenters. The number of ether oxygens (including phenoxy) is 10. The molecule has 0 radical (unpaired) electrons. The Balaban J connectivity index is 0.000000112. The highest BCUT2D eigenvalue weighted by atomic mass is 32.1. The van der Waals surface area contributed by atoms with Crippen LogP contribution in [0.15, 0.2) is 199 Å². The number of hydrogen-bond acceptors (Lipinski definition) is 16. The Morgan fingerprint density at radius 1 is 0.292 bits per heavy atom. The van der Waals surface area contributed by atoms with E-state index in [4.69, 9.17) is 47.4 Å². The molecule has 1 aromatic heterocycles. The van der Waals surface area contributed by atoms with Crippen molar-refractivity contribution in [2.75, 3.05) is 92.7 Å².